The molecule has 1 unspecified atom stereocenters. The molecule has 1 aromatic heterocycles. The molecule has 0 saturated heterocycles. The molecule has 0 aliphatic heterocycles. The molecule has 7 nitrogen and oxygen atoms in total. The summed E-state index contributed by atoms with van der Waals surface area (Å²) >= 11 is 0. The highest BCUT2D eigenvalue weighted by Gasteiger charge is 2.14. The number of carbonyl (C=O) groups excluding carboxylic acids is 1. The van der Waals surface area contributed by atoms with Crippen LogP contribution in [0.15, 0.2) is 4.42 Å². The van der Waals surface area contributed by atoms with Gasteiger partial charge < -0.3 is 20.4 Å². The van der Waals surface area contributed by atoms with Crippen LogP contribution in [0.25, 0.3) is 0 Å². The molecular weight excluding hydrogens is 246 g/mol. The Morgan fingerprint density at radius 1 is 1.37 bits per heavy atom. The fraction of sp³-hybridized carbons (Fsp3) is 0.750. The van der Waals surface area contributed by atoms with Gasteiger partial charge in [-0.2, -0.15) is 0 Å². The first-order valence-corrected chi connectivity index (χ1v) is 6.37. The fourth-order valence-electron chi connectivity index (χ4n) is 1.37. The topological polar surface area (TPSA) is 92.1 Å². The van der Waals surface area contributed by atoms with Crippen molar-refractivity contribution >= 4 is 11.9 Å². The van der Waals surface area contributed by atoms with Gasteiger partial charge in [0.2, 0.25) is 11.8 Å². The second-order valence-electron chi connectivity index (χ2n) is 5.43. The molecule has 1 rings (SSSR count). The quantitative estimate of drug-likeness (QED) is 0.715. The summed E-state index contributed by atoms with van der Waals surface area (Å²) in [5, 5.41) is 16.6. The average molecular weight is 269 g/mol. The molecule has 0 fully saturated rings. The number of nitrogens with zero attached hydrogens (tertiary/aromatic N) is 2. The van der Waals surface area contributed by atoms with Crippen LogP contribution < -0.4 is 16.0 Å². The van der Waals surface area contributed by atoms with E-state index in [1.807, 2.05) is 34.7 Å². The highest BCUT2D eigenvalue weighted by molar-refractivity contribution is 5.77. The minimum atomic E-state index is -0.211. The monoisotopic (exact) mass is 269 g/mol. The Kier molecular flexibility index (Phi) is 5.29. The van der Waals surface area contributed by atoms with Crippen LogP contribution in [0.1, 0.15) is 46.0 Å². The summed E-state index contributed by atoms with van der Waals surface area (Å²) in [4.78, 5) is 11.6. The highest BCUT2D eigenvalue weighted by Crippen LogP contribution is 2.12. The molecule has 0 aromatic carbocycles. The number of rotatable bonds is 6. The van der Waals surface area contributed by atoms with Gasteiger partial charge in [-0.25, -0.2) is 0 Å². The van der Waals surface area contributed by atoms with Gasteiger partial charge in [0.1, 0.15) is 0 Å². The molecule has 3 N–H and O–H groups in total. The van der Waals surface area contributed by atoms with E-state index < -0.39 is 0 Å². The number of amides is 1. The molecule has 1 amide bonds. The zero-order valence-corrected chi connectivity index (χ0v) is 12.2. The maximum Gasteiger partial charge on any atom is 0.315 e. The van der Waals surface area contributed by atoms with Crippen LogP contribution in [-0.2, 0) is 4.79 Å². The van der Waals surface area contributed by atoms with Crippen LogP contribution in [0.2, 0.25) is 0 Å². The molecule has 19 heavy (non-hydrogen) atoms. The van der Waals surface area contributed by atoms with Crippen molar-refractivity contribution in [2.45, 2.75) is 45.7 Å². The van der Waals surface area contributed by atoms with E-state index in [1.165, 1.54) is 0 Å². The van der Waals surface area contributed by atoms with Crippen molar-refractivity contribution in [3.05, 3.63) is 5.89 Å². The molecule has 0 bridgehead atoms. The molecule has 0 saturated carbocycles. The summed E-state index contributed by atoms with van der Waals surface area (Å²) < 4.78 is 5.39. The molecule has 0 aliphatic carbocycles. The molecule has 1 atom stereocenters. The van der Waals surface area contributed by atoms with E-state index in [1.54, 1.807) is 0 Å². The van der Waals surface area contributed by atoms with Crippen molar-refractivity contribution in [2.24, 2.45) is 0 Å². The first-order valence-electron chi connectivity index (χ1n) is 6.37. The lowest BCUT2D eigenvalue weighted by molar-refractivity contribution is -0.122. The molecule has 1 aromatic rings. The predicted octanol–water partition coefficient (Wildman–Crippen LogP) is 1.07. The minimum absolute atomic E-state index is 0.00670. The van der Waals surface area contributed by atoms with E-state index in [2.05, 4.69) is 26.1 Å². The zero-order chi connectivity index (χ0) is 14.5. The molecule has 1 heterocycles. The Balaban J connectivity index is 2.33. The Bertz CT molecular complexity index is 410. The standard InChI is InChI=1S/C12H23N5O2/c1-8(13-5)10-16-17-11(19-10)14-7-6-9(18)15-12(2,3)4/h8,13H,6-7H2,1-5H3,(H,14,17)(H,15,18). The smallest absolute Gasteiger partial charge is 0.315 e. The first kappa shape index (κ1) is 15.4. The molecular formula is C12H23N5O2. The van der Waals surface area contributed by atoms with Crippen molar-refractivity contribution in [1.29, 1.82) is 0 Å². The Morgan fingerprint density at radius 3 is 2.63 bits per heavy atom. The van der Waals surface area contributed by atoms with Crippen molar-refractivity contribution in [2.75, 3.05) is 18.9 Å². The fourth-order valence-corrected chi connectivity index (χ4v) is 1.37. The van der Waals surface area contributed by atoms with E-state index >= 15 is 0 Å². The van der Waals surface area contributed by atoms with Crippen molar-refractivity contribution < 1.29 is 9.21 Å². The van der Waals surface area contributed by atoms with E-state index in [9.17, 15) is 4.79 Å². The van der Waals surface area contributed by atoms with Gasteiger partial charge in [0, 0.05) is 18.5 Å². The minimum Gasteiger partial charge on any atom is -0.406 e. The summed E-state index contributed by atoms with van der Waals surface area (Å²) in [6, 6.07) is 0.341. The predicted molar refractivity (Wildman–Crippen MR) is 72.8 cm³/mol. The van der Waals surface area contributed by atoms with Crippen LogP contribution in [0.3, 0.4) is 0 Å². The second-order valence-corrected chi connectivity index (χ2v) is 5.43. The van der Waals surface area contributed by atoms with Crippen LogP contribution in [-0.4, -0.2) is 35.2 Å². The number of nitrogens with one attached hydrogen (secondary N) is 3. The lowest BCUT2D eigenvalue weighted by atomic mass is 10.1. The zero-order valence-electron chi connectivity index (χ0n) is 12.2. The lowest BCUT2D eigenvalue weighted by Gasteiger charge is -2.20. The van der Waals surface area contributed by atoms with Crippen LogP contribution in [0, 0.1) is 0 Å². The summed E-state index contributed by atoms with van der Waals surface area (Å²) in [5.41, 5.74) is -0.211. The lowest BCUT2D eigenvalue weighted by Crippen LogP contribution is -2.41. The van der Waals surface area contributed by atoms with Gasteiger partial charge in [0.25, 0.3) is 0 Å². The van der Waals surface area contributed by atoms with Gasteiger partial charge >= 0.3 is 6.01 Å². The molecule has 0 spiro atoms. The summed E-state index contributed by atoms with van der Waals surface area (Å²) in [6.07, 6.45) is 0.358. The maximum absolute atomic E-state index is 11.6. The van der Waals surface area contributed by atoms with Gasteiger partial charge in [-0.3, -0.25) is 4.79 Å². The van der Waals surface area contributed by atoms with Crippen LogP contribution >= 0.6 is 0 Å². The van der Waals surface area contributed by atoms with Gasteiger partial charge in [-0.1, -0.05) is 5.10 Å². The van der Waals surface area contributed by atoms with Gasteiger partial charge in [-0.15, -0.1) is 5.10 Å². The normalized spacial score (nSPS) is 13.1. The third-order valence-electron chi connectivity index (χ3n) is 2.39. The third kappa shape index (κ3) is 5.69. The maximum atomic E-state index is 11.6. The number of anilines is 1. The average Bonchev–Trinajstić information content (AvgIpc) is 2.74. The molecule has 0 aliphatic rings. The second kappa shape index (κ2) is 6.51. The van der Waals surface area contributed by atoms with E-state index in [4.69, 9.17) is 4.42 Å². The van der Waals surface area contributed by atoms with Gasteiger partial charge in [0.15, 0.2) is 0 Å². The Labute approximate surface area is 113 Å². The number of hydrogen-bond acceptors (Lipinski definition) is 6. The summed E-state index contributed by atoms with van der Waals surface area (Å²) in [5.74, 6) is 0.507. The molecule has 7 heteroatoms. The third-order valence-corrected chi connectivity index (χ3v) is 2.39. The summed E-state index contributed by atoms with van der Waals surface area (Å²) in [7, 11) is 1.82. The van der Waals surface area contributed by atoms with E-state index in [-0.39, 0.29) is 17.5 Å². The Morgan fingerprint density at radius 2 is 2.05 bits per heavy atom. The van der Waals surface area contributed by atoms with Gasteiger partial charge in [0.05, 0.1) is 6.04 Å². The molecule has 108 valence electrons. The van der Waals surface area contributed by atoms with E-state index in [0.29, 0.717) is 24.9 Å². The van der Waals surface area contributed by atoms with Gasteiger partial charge in [-0.05, 0) is 34.7 Å². The highest BCUT2D eigenvalue weighted by atomic mass is 16.4. The number of aromatic nitrogens is 2. The van der Waals surface area contributed by atoms with Crippen LogP contribution in [0.5, 0.6) is 0 Å². The number of carbonyl (C=O) groups is 1. The Hall–Kier alpha value is -1.63. The SMILES string of the molecule is CNC(C)c1nnc(NCCC(=O)NC(C)(C)C)o1. The summed E-state index contributed by atoms with van der Waals surface area (Å²) in [6.45, 7) is 8.22. The van der Waals surface area contributed by atoms with Crippen molar-refractivity contribution in [1.82, 2.24) is 20.8 Å². The van der Waals surface area contributed by atoms with E-state index in [0.717, 1.165) is 0 Å². The largest absolute Gasteiger partial charge is 0.406 e. The van der Waals surface area contributed by atoms with Crippen molar-refractivity contribution in [3.8, 4) is 0 Å². The molecule has 0 radical (unpaired) electrons. The first-order chi connectivity index (χ1) is 8.81. The van der Waals surface area contributed by atoms with Crippen LogP contribution in [0.4, 0.5) is 6.01 Å². The van der Waals surface area contributed by atoms with Crippen molar-refractivity contribution in [3.63, 3.8) is 0 Å². The number of hydrogen-bond donors (Lipinski definition) is 3.